The number of amides is 1. The molecule has 1 aliphatic heterocycles. The van der Waals surface area contributed by atoms with Crippen molar-refractivity contribution in [2.24, 2.45) is 10.7 Å². The smallest absolute Gasteiger partial charge is 0.284 e. The van der Waals surface area contributed by atoms with Crippen molar-refractivity contribution in [3.63, 3.8) is 0 Å². The zero-order valence-electron chi connectivity index (χ0n) is 13.3. The van der Waals surface area contributed by atoms with Crippen molar-refractivity contribution in [3.05, 3.63) is 51.6 Å². The molecule has 0 unspecified atom stereocenters. The Bertz CT molecular complexity index is 929. The van der Waals surface area contributed by atoms with E-state index in [1.807, 2.05) is 13.0 Å². The highest BCUT2D eigenvalue weighted by Crippen LogP contribution is 2.39. The van der Waals surface area contributed by atoms with Gasteiger partial charge in [-0.1, -0.05) is 29.7 Å². The number of carbonyl (C=O) groups excluding carboxylic acids is 1. The van der Waals surface area contributed by atoms with Gasteiger partial charge < -0.3 is 11.1 Å². The minimum absolute atomic E-state index is 0.228. The molecule has 0 spiro atoms. The van der Waals surface area contributed by atoms with E-state index in [4.69, 9.17) is 11.0 Å². The van der Waals surface area contributed by atoms with E-state index in [-0.39, 0.29) is 10.9 Å². The van der Waals surface area contributed by atoms with Crippen LogP contribution >= 0.6 is 23.1 Å². The fourth-order valence-corrected chi connectivity index (χ4v) is 3.94. The fourth-order valence-electron chi connectivity index (χ4n) is 2.44. The van der Waals surface area contributed by atoms with Gasteiger partial charge in [-0.05, 0) is 24.0 Å². The summed E-state index contributed by atoms with van der Waals surface area (Å²) in [5.41, 5.74) is 6.51. The van der Waals surface area contributed by atoms with Gasteiger partial charge in [0.15, 0.2) is 10.2 Å². The number of aliphatic imine (C=N–C) groups is 1. The van der Waals surface area contributed by atoms with E-state index in [0.717, 1.165) is 16.2 Å². The zero-order valence-corrected chi connectivity index (χ0v) is 14.9. The number of nitriles is 1. The molecule has 25 heavy (non-hydrogen) atoms. The van der Waals surface area contributed by atoms with Crippen LogP contribution < -0.4 is 11.1 Å². The van der Waals surface area contributed by atoms with Crippen LogP contribution in [0.25, 0.3) is 0 Å². The van der Waals surface area contributed by atoms with Gasteiger partial charge in [-0.2, -0.15) is 5.26 Å². The molecule has 3 rings (SSSR count). The van der Waals surface area contributed by atoms with Gasteiger partial charge in [0.05, 0.1) is 11.9 Å². The van der Waals surface area contributed by atoms with E-state index < -0.39 is 5.54 Å². The van der Waals surface area contributed by atoms with Gasteiger partial charge in [0.2, 0.25) is 0 Å². The SMILES string of the molecule is C=C1C[C@@](C)(c2cc(NC(=O)c3ncc(C#N)s3)ccn2)N=C(N)S1. The maximum absolute atomic E-state index is 12.3. The number of aromatic nitrogens is 2. The molecule has 2 aromatic heterocycles. The molecule has 0 aliphatic carbocycles. The molecule has 3 heterocycles. The van der Waals surface area contributed by atoms with E-state index in [1.54, 1.807) is 18.3 Å². The van der Waals surface area contributed by atoms with E-state index in [0.29, 0.717) is 27.8 Å². The zero-order chi connectivity index (χ0) is 18.0. The highest BCUT2D eigenvalue weighted by atomic mass is 32.2. The Hall–Kier alpha value is -2.70. The molecule has 0 radical (unpaired) electrons. The summed E-state index contributed by atoms with van der Waals surface area (Å²) in [7, 11) is 0. The first kappa shape index (κ1) is 17.1. The molecule has 126 valence electrons. The maximum Gasteiger partial charge on any atom is 0.284 e. The predicted molar refractivity (Wildman–Crippen MR) is 99.3 cm³/mol. The number of nitrogens with one attached hydrogen (secondary N) is 1. The van der Waals surface area contributed by atoms with Crippen molar-refractivity contribution in [1.82, 2.24) is 9.97 Å². The molecule has 0 aromatic carbocycles. The average Bonchev–Trinajstić information content (AvgIpc) is 3.03. The second kappa shape index (κ2) is 6.66. The third kappa shape index (κ3) is 3.70. The highest BCUT2D eigenvalue weighted by Gasteiger charge is 2.33. The quantitative estimate of drug-likeness (QED) is 0.858. The summed E-state index contributed by atoms with van der Waals surface area (Å²) in [5.74, 6) is -0.375. The summed E-state index contributed by atoms with van der Waals surface area (Å²) in [5, 5.41) is 12.3. The van der Waals surface area contributed by atoms with Crippen LogP contribution in [0.15, 0.2) is 41.0 Å². The number of pyridine rings is 1. The number of nitrogens with zero attached hydrogens (tertiary/aromatic N) is 4. The van der Waals surface area contributed by atoms with Crippen LogP contribution in [0.4, 0.5) is 5.69 Å². The Morgan fingerprint density at radius 1 is 1.52 bits per heavy atom. The lowest BCUT2D eigenvalue weighted by molar-refractivity contribution is 0.102. The van der Waals surface area contributed by atoms with E-state index in [1.165, 1.54) is 18.0 Å². The van der Waals surface area contributed by atoms with Crippen molar-refractivity contribution in [1.29, 1.82) is 5.26 Å². The largest absolute Gasteiger partial charge is 0.378 e. The van der Waals surface area contributed by atoms with Crippen LogP contribution in [0, 0.1) is 11.3 Å². The summed E-state index contributed by atoms with van der Waals surface area (Å²) in [4.78, 5) is 26.4. The van der Waals surface area contributed by atoms with Gasteiger partial charge in [0.25, 0.3) is 5.91 Å². The lowest BCUT2D eigenvalue weighted by Crippen LogP contribution is -2.28. The molecule has 1 aliphatic rings. The third-order valence-corrected chi connectivity index (χ3v) is 5.16. The summed E-state index contributed by atoms with van der Waals surface area (Å²) in [6, 6.07) is 5.40. The Morgan fingerprint density at radius 3 is 3.00 bits per heavy atom. The first-order valence-corrected chi connectivity index (χ1v) is 8.88. The van der Waals surface area contributed by atoms with E-state index >= 15 is 0 Å². The lowest BCUT2D eigenvalue weighted by atomic mass is 9.93. The highest BCUT2D eigenvalue weighted by molar-refractivity contribution is 8.17. The van der Waals surface area contributed by atoms with E-state index in [2.05, 4.69) is 26.9 Å². The fraction of sp³-hybridized carbons (Fsp3) is 0.188. The molecule has 2 aromatic rings. The summed E-state index contributed by atoms with van der Waals surface area (Å²) in [6.45, 7) is 5.91. The summed E-state index contributed by atoms with van der Waals surface area (Å²) >= 11 is 2.40. The topological polar surface area (TPSA) is 117 Å². The first-order valence-electron chi connectivity index (χ1n) is 7.24. The Labute approximate surface area is 152 Å². The standard InChI is InChI=1S/C16H14N6OS2/c1-9-6-16(2,22-15(18)24-9)12-5-10(3-4-19-12)21-13(23)14-20-8-11(7-17)25-14/h3-5,8H,1,6H2,2H3,(H2,18,22)(H,19,21,23)/t16-/m0/s1. The molecule has 1 amide bonds. The Kier molecular flexibility index (Phi) is 4.57. The molecular formula is C16H14N6OS2. The normalized spacial score (nSPS) is 19.8. The number of hydrogen-bond donors (Lipinski definition) is 2. The van der Waals surface area contributed by atoms with Crippen LogP contribution in [0.3, 0.4) is 0 Å². The molecule has 1 atom stereocenters. The third-order valence-electron chi connectivity index (χ3n) is 3.53. The van der Waals surface area contributed by atoms with Crippen molar-refractivity contribution >= 4 is 39.9 Å². The number of amidine groups is 1. The minimum Gasteiger partial charge on any atom is -0.378 e. The molecule has 0 saturated carbocycles. The van der Waals surface area contributed by atoms with Crippen LogP contribution in [0.5, 0.6) is 0 Å². The maximum atomic E-state index is 12.3. The van der Waals surface area contributed by atoms with Crippen LogP contribution in [0.1, 0.15) is 33.7 Å². The van der Waals surface area contributed by atoms with Crippen molar-refractivity contribution in [2.75, 3.05) is 5.32 Å². The van der Waals surface area contributed by atoms with Gasteiger partial charge >= 0.3 is 0 Å². The molecular weight excluding hydrogens is 356 g/mol. The van der Waals surface area contributed by atoms with E-state index in [9.17, 15) is 4.79 Å². The molecule has 7 nitrogen and oxygen atoms in total. The van der Waals surface area contributed by atoms with Gasteiger partial charge in [-0.3, -0.25) is 9.78 Å². The predicted octanol–water partition coefficient (Wildman–Crippen LogP) is 2.84. The van der Waals surface area contributed by atoms with Gasteiger partial charge in [0.1, 0.15) is 16.5 Å². The second-order valence-corrected chi connectivity index (χ2v) is 7.80. The number of hydrogen-bond acceptors (Lipinski definition) is 8. The molecule has 3 N–H and O–H groups in total. The number of rotatable bonds is 3. The minimum atomic E-state index is -0.623. The lowest BCUT2D eigenvalue weighted by Gasteiger charge is -2.30. The van der Waals surface area contributed by atoms with Crippen LogP contribution in [-0.4, -0.2) is 21.0 Å². The molecule has 9 heteroatoms. The number of anilines is 1. The summed E-state index contributed by atoms with van der Waals surface area (Å²) < 4.78 is 0. The van der Waals surface area contributed by atoms with Crippen molar-refractivity contribution in [2.45, 2.75) is 18.9 Å². The number of carbonyl (C=O) groups is 1. The Morgan fingerprint density at radius 2 is 2.32 bits per heavy atom. The van der Waals surface area contributed by atoms with Crippen molar-refractivity contribution in [3.8, 4) is 6.07 Å². The van der Waals surface area contributed by atoms with Gasteiger partial charge in [0, 0.05) is 18.3 Å². The number of nitrogens with two attached hydrogens (primary N) is 1. The van der Waals surface area contributed by atoms with Crippen LogP contribution in [-0.2, 0) is 5.54 Å². The average molecular weight is 370 g/mol. The molecule has 0 saturated heterocycles. The van der Waals surface area contributed by atoms with Crippen molar-refractivity contribution < 1.29 is 4.79 Å². The van der Waals surface area contributed by atoms with Gasteiger partial charge in [-0.25, -0.2) is 9.98 Å². The molecule has 0 bridgehead atoms. The van der Waals surface area contributed by atoms with Crippen LogP contribution in [0.2, 0.25) is 0 Å². The number of thiazole rings is 1. The monoisotopic (exact) mass is 370 g/mol. The van der Waals surface area contributed by atoms with Gasteiger partial charge in [-0.15, -0.1) is 0 Å². The Balaban J connectivity index is 1.84. The first-order chi connectivity index (χ1) is 11.9. The second-order valence-electron chi connectivity index (χ2n) is 5.57. The summed E-state index contributed by atoms with van der Waals surface area (Å²) in [6.07, 6.45) is 3.59. The number of thioether (sulfide) groups is 1. The molecule has 0 fully saturated rings.